The Kier molecular flexibility index (Phi) is 5.34. The lowest BCUT2D eigenvalue weighted by molar-refractivity contribution is -0.274. The van der Waals surface area contributed by atoms with E-state index in [-0.39, 0.29) is 16.5 Å². The van der Waals surface area contributed by atoms with Gasteiger partial charge < -0.3 is 10.1 Å². The highest BCUT2D eigenvalue weighted by Crippen LogP contribution is 2.29. The third-order valence-electron chi connectivity index (χ3n) is 4.14. The number of fused-ring (bicyclic) bond motifs is 1. The van der Waals surface area contributed by atoms with Crippen molar-refractivity contribution in [2.75, 3.05) is 10.0 Å². The summed E-state index contributed by atoms with van der Waals surface area (Å²) in [6.07, 6.45) is -2.30. The fraction of sp³-hybridized carbons (Fsp3) is 0.105. The number of aromatic nitrogens is 4. The van der Waals surface area contributed by atoms with Crippen molar-refractivity contribution in [1.82, 2.24) is 19.7 Å². The number of hydrogen-bond acceptors (Lipinski definition) is 7. The average Bonchev–Trinajstić information content (AvgIpc) is 3.16. The molecule has 9 nitrogen and oxygen atoms in total. The highest BCUT2D eigenvalue weighted by Gasteiger charge is 2.31. The Hall–Kier alpha value is -3.87. The van der Waals surface area contributed by atoms with Gasteiger partial charge in [0.05, 0.1) is 17.2 Å². The molecule has 2 N–H and O–H groups in total. The number of aryl methyl sites for hydroxylation is 1. The average molecular weight is 464 g/mol. The van der Waals surface area contributed by atoms with Crippen LogP contribution in [0, 0.1) is 0 Å². The Morgan fingerprint density at radius 3 is 2.16 bits per heavy atom. The first kappa shape index (κ1) is 21.4. The summed E-state index contributed by atoms with van der Waals surface area (Å²) in [5, 5.41) is 6.73. The summed E-state index contributed by atoms with van der Waals surface area (Å²) in [6.45, 7) is 0. The second-order valence-corrected chi connectivity index (χ2v) is 8.24. The molecule has 0 atom stereocenters. The molecule has 2 aromatic heterocycles. The lowest BCUT2D eigenvalue weighted by Crippen LogP contribution is -2.17. The van der Waals surface area contributed by atoms with E-state index in [0.717, 1.165) is 12.1 Å². The van der Waals surface area contributed by atoms with E-state index >= 15 is 0 Å². The standard InChI is InChI=1S/C19H15F3N6O3S/c1-28-11-14(10-23-28)32(29,30)27-18-17(25-15-4-2-3-5-16(15)26-18)24-12-6-8-13(9-7-12)31-19(20,21)22/h2-11H,1H3,(H,24,25)(H,26,27). The lowest BCUT2D eigenvalue weighted by atomic mass is 10.3. The molecule has 0 aliphatic carbocycles. The third-order valence-corrected chi connectivity index (χ3v) is 5.44. The largest absolute Gasteiger partial charge is 0.573 e. The van der Waals surface area contributed by atoms with E-state index in [1.165, 1.54) is 29.2 Å². The Morgan fingerprint density at radius 2 is 1.59 bits per heavy atom. The van der Waals surface area contributed by atoms with Gasteiger partial charge in [-0.3, -0.25) is 9.40 Å². The number of anilines is 3. The maximum absolute atomic E-state index is 12.8. The molecule has 0 aliphatic rings. The lowest BCUT2D eigenvalue weighted by Gasteiger charge is -2.14. The van der Waals surface area contributed by atoms with Crippen LogP contribution in [-0.4, -0.2) is 34.5 Å². The maximum atomic E-state index is 12.8. The number of benzene rings is 2. The molecule has 0 amide bonds. The second-order valence-electron chi connectivity index (χ2n) is 6.56. The van der Waals surface area contributed by atoms with E-state index in [1.54, 1.807) is 31.3 Å². The Bertz CT molecular complexity index is 1370. The summed E-state index contributed by atoms with van der Waals surface area (Å²) in [4.78, 5) is 8.67. The first-order valence-corrected chi connectivity index (χ1v) is 10.5. The molecular formula is C19H15F3N6O3S. The Morgan fingerprint density at radius 1 is 0.969 bits per heavy atom. The molecule has 13 heteroatoms. The zero-order valence-corrected chi connectivity index (χ0v) is 17.1. The van der Waals surface area contributed by atoms with Crippen molar-refractivity contribution in [2.24, 2.45) is 7.05 Å². The van der Waals surface area contributed by atoms with E-state index in [4.69, 9.17) is 0 Å². The first-order valence-electron chi connectivity index (χ1n) is 9.00. The molecule has 0 saturated carbocycles. The van der Waals surface area contributed by atoms with Gasteiger partial charge in [-0.1, -0.05) is 12.1 Å². The van der Waals surface area contributed by atoms with E-state index in [9.17, 15) is 21.6 Å². The highest BCUT2D eigenvalue weighted by atomic mass is 32.2. The van der Waals surface area contributed by atoms with Crippen molar-refractivity contribution < 1.29 is 26.3 Å². The smallest absolute Gasteiger partial charge is 0.406 e. The van der Waals surface area contributed by atoms with Gasteiger partial charge in [0.2, 0.25) is 0 Å². The van der Waals surface area contributed by atoms with Crippen LogP contribution in [0.1, 0.15) is 0 Å². The van der Waals surface area contributed by atoms with Crippen molar-refractivity contribution in [3.8, 4) is 5.75 Å². The van der Waals surface area contributed by atoms with Gasteiger partial charge in [-0.25, -0.2) is 18.4 Å². The van der Waals surface area contributed by atoms with E-state index in [1.807, 2.05) is 0 Å². The summed E-state index contributed by atoms with van der Waals surface area (Å²) in [5.74, 6) is -0.436. The maximum Gasteiger partial charge on any atom is 0.573 e. The van der Waals surface area contributed by atoms with E-state index in [2.05, 4.69) is 29.8 Å². The number of ether oxygens (including phenoxy) is 1. The molecular weight excluding hydrogens is 449 g/mol. The van der Waals surface area contributed by atoms with Crippen LogP contribution in [0.4, 0.5) is 30.5 Å². The molecule has 2 heterocycles. The van der Waals surface area contributed by atoms with Crippen LogP contribution < -0.4 is 14.8 Å². The van der Waals surface area contributed by atoms with Crippen molar-refractivity contribution >= 4 is 38.4 Å². The fourth-order valence-corrected chi connectivity index (χ4v) is 3.75. The molecule has 0 fully saturated rings. The number of alkyl halides is 3. The predicted octanol–water partition coefficient (Wildman–Crippen LogP) is 3.81. The van der Waals surface area contributed by atoms with Crippen LogP contribution >= 0.6 is 0 Å². The Labute approximate surface area is 179 Å². The van der Waals surface area contributed by atoms with Crippen LogP contribution in [-0.2, 0) is 17.1 Å². The number of nitrogens with one attached hydrogen (secondary N) is 2. The first-order chi connectivity index (χ1) is 15.1. The molecule has 0 aliphatic heterocycles. The molecule has 166 valence electrons. The second kappa shape index (κ2) is 8.00. The minimum absolute atomic E-state index is 0.0562. The molecule has 4 rings (SSSR count). The molecule has 2 aromatic carbocycles. The van der Waals surface area contributed by atoms with Gasteiger partial charge in [0, 0.05) is 18.9 Å². The minimum atomic E-state index is -4.81. The molecule has 32 heavy (non-hydrogen) atoms. The minimum Gasteiger partial charge on any atom is -0.406 e. The summed E-state index contributed by atoms with van der Waals surface area (Å²) >= 11 is 0. The number of rotatable bonds is 6. The number of halogens is 3. The molecule has 0 saturated heterocycles. The molecule has 0 radical (unpaired) electrons. The van der Waals surface area contributed by atoms with Crippen LogP contribution in [0.5, 0.6) is 5.75 Å². The van der Waals surface area contributed by atoms with Gasteiger partial charge >= 0.3 is 6.36 Å². The van der Waals surface area contributed by atoms with Crippen molar-refractivity contribution in [3.05, 3.63) is 60.9 Å². The molecule has 0 bridgehead atoms. The van der Waals surface area contributed by atoms with E-state index in [0.29, 0.717) is 16.7 Å². The van der Waals surface area contributed by atoms with Gasteiger partial charge in [-0.05, 0) is 36.4 Å². The van der Waals surface area contributed by atoms with Gasteiger partial charge in [0.15, 0.2) is 11.6 Å². The third kappa shape index (κ3) is 4.88. The van der Waals surface area contributed by atoms with Crippen LogP contribution in [0.15, 0.2) is 65.8 Å². The van der Waals surface area contributed by atoms with Gasteiger partial charge in [0.25, 0.3) is 10.0 Å². The zero-order chi connectivity index (χ0) is 22.9. The summed E-state index contributed by atoms with van der Waals surface area (Å²) in [7, 11) is -2.45. The van der Waals surface area contributed by atoms with Gasteiger partial charge in [-0.15, -0.1) is 13.2 Å². The van der Waals surface area contributed by atoms with Crippen molar-refractivity contribution in [1.29, 1.82) is 0 Å². The van der Waals surface area contributed by atoms with Crippen LogP contribution in [0.2, 0.25) is 0 Å². The fourth-order valence-electron chi connectivity index (χ4n) is 2.76. The van der Waals surface area contributed by atoms with Gasteiger partial charge in [0.1, 0.15) is 10.6 Å². The quantitative estimate of drug-likeness (QED) is 0.446. The SMILES string of the molecule is Cn1cc(S(=O)(=O)Nc2nc3ccccc3nc2Nc2ccc(OC(F)(F)F)cc2)cn1. The number of para-hydroxylation sites is 2. The Balaban J connectivity index is 1.68. The van der Waals surface area contributed by atoms with Crippen molar-refractivity contribution in [3.63, 3.8) is 0 Å². The highest BCUT2D eigenvalue weighted by molar-refractivity contribution is 7.92. The molecule has 0 unspecified atom stereocenters. The number of nitrogens with zero attached hydrogens (tertiary/aromatic N) is 4. The summed E-state index contributed by atoms with van der Waals surface area (Å²) in [6, 6.07) is 11.7. The normalized spacial score (nSPS) is 12.0. The predicted molar refractivity (Wildman–Crippen MR) is 110 cm³/mol. The van der Waals surface area contributed by atoms with E-state index < -0.39 is 22.1 Å². The molecule has 4 aromatic rings. The monoisotopic (exact) mass is 464 g/mol. The molecule has 0 spiro atoms. The topological polar surface area (TPSA) is 111 Å². The van der Waals surface area contributed by atoms with Crippen LogP contribution in [0.25, 0.3) is 11.0 Å². The summed E-state index contributed by atoms with van der Waals surface area (Å²) in [5.41, 5.74) is 1.26. The van der Waals surface area contributed by atoms with Crippen LogP contribution in [0.3, 0.4) is 0 Å². The van der Waals surface area contributed by atoms with Gasteiger partial charge in [-0.2, -0.15) is 5.10 Å². The van der Waals surface area contributed by atoms with Crippen molar-refractivity contribution in [2.45, 2.75) is 11.3 Å². The number of hydrogen-bond donors (Lipinski definition) is 2. The summed E-state index contributed by atoms with van der Waals surface area (Å²) < 4.78 is 70.2. The number of sulfonamides is 1. The zero-order valence-electron chi connectivity index (χ0n) is 16.3.